The highest BCUT2D eigenvalue weighted by atomic mass is 16.5. The molecule has 1 saturated heterocycles. The van der Waals surface area contributed by atoms with E-state index in [1.165, 1.54) is 6.20 Å². The van der Waals surface area contributed by atoms with Crippen molar-refractivity contribution in [1.29, 1.82) is 0 Å². The van der Waals surface area contributed by atoms with E-state index in [2.05, 4.69) is 22.1 Å². The first-order valence-electron chi connectivity index (χ1n) is 6.24. The number of ether oxygens (including phenoxy) is 1. The predicted octanol–water partition coefficient (Wildman–Crippen LogP) is 0.334. The maximum atomic E-state index is 11.9. The molecule has 1 aliphatic rings. The molecule has 19 heavy (non-hydrogen) atoms. The second-order valence-corrected chi connectivity index (χ2v) is 4.27. The van der Waals surface area contributed by atoms with Gasteiger partial charge in [-0.05, 0) is 18.9 Å². The van der Waals surface area contributed by atoms with Gasteiger partial charge in [-0.25, -0.2) is 0 Å². The fourth-order valence-electron chi connectivity index (χ4n) is 1.89. The normalized spacial score (nSPS) is 17.6. The van der Waals surface area contributed by atoms with Crippen molar-refractivity contribution in [3.63, 3.8) is 0 Å². The molecule has 1 aliphatic heterocycles. The summed E-state index contributed by atoms with van der Waals surface area (Å²) >= 11 is 0. The zero-order valence-electron chi connectivity index (χ0n) is 10.6. The Morgan fingerprint density at radius 2 is 2.47 bits per heavy atom. The highest BCUT2D eigenvalue weighted by Crippen LogP contribution is 2.11. The van der Waals surface area contributed by atoms with Crippen molar-refractivity contribution < 1.29 is 14.6 Å². The number of amides is 1. The van der Waals surface area contributed by atoms with Gasteiger partial charge in [-0.15, -0.1) is 0 Å². The van der Waals surface area contributed by atoms with Crippen molar-refractivity contribution in [3.8, 4) is 11.8 Å². The molecule has 0 bridgehead atoms. The van der Waals surface area contributed by atoms with Gasteiger partial charge in [-0.3, -0.25) is 9.78 Å². The number of hydrogen-bond acceptors (Lipinski definition) is 4. The smallest absolute Gasteiger partial charge is 0.252 e. The Hall–Kier alpha value is -1.90. The van der Waals surface area contributed by atoms with Crippen LogP contribution in [0.1, 0.15) is 28.8 Å². The Morgan fingerprint density at radius 1 is 1.58 bits per heavy atom. The van der Waals surface area contributed by atoms with Crippen molar-refractivity contribution in [3.05, 3.63) is 29.6 Å². The van der Waals surface area contributed by atoms with Gasteiger partial charge in [0.05, 0.1) is 11.7 Å². The molecule has 100 valence electrons. The summed E-state index contributed by atoms with van der Waals surface area (Å²) in [7, 11) is 0. The molecule has 0 radical (unpaired) electrons. The SMILES string of the molecule is O=C(NCC1CCCO1)c1cncc(C#CCO)c1. The standard InChI is InChI=1S/C14H16N2O3/c17-5-1-3-11-7-12(9-15-8-11)14(18)16-10-13-4-2-6-19-13/h7-9,13,17H,2,4-6,10H2,(H,16,18). The van der Waals surface area contributed by atoms with Crippen LogP contribution in [0.5, 0.6) is 0 Å². The first kappa shape index (κ1) is 13.5. The predicted molar refractivity (Wildman–Crippen MR) is 69.5 cm³/mol. The second-order valence-electron chi connectivity index (χ2n) is 4.27. The molecule has 1 aromatic rings. The minimum atomic E-state index is -0.213. The van der Waals surface area contributed by atoms with E-state index >= 15 is 0 Å². The minimum Gasteiger partial charge on any atom is -0.384 e. The molecule has 1 unspecified atom stereocenters. The number of aliphatic hydroxyl groups is 1. The fraction of sp³-hybridized carbons (Fsp3) is 0.429. The summed E-state index contributed by atoms with van der Waals surface area (Å²) < 4.78 is 5.44. The van der Waals surface area contributed by atoms with Gasteiger partial charge in [0.15, 0.2) is 0 Å². The summed E-state index contributed by atoms with van der Waals surface area (Å²) in [5, 5.41) is 11.4. The summed E-state index contributed by atoms with van der Waals surface area (Å²) in [6.45, 7) is 1.08. The summed E-state index contributed by atoms with van der Waals surface area (Å²) in [5.41, 5.74) is 1.07. The van der Waals surface area contributed by atoms with E-state index in [-0.39, 0.29) is 18.6 Å². The van der Waals surface area contributed by atoms with E-state index in [0.29, 0.717) is 17.7 Å². The number of rotatable bonds is 3. The maximum absolute atomic E-state index is 11.9. The van der Waals surface area contributed by atoms with Crippen LogP contribution in [0.4, 0.5) is 0 Å². The summed E-state index contributed by atoms with van der Waals surface area (Å²) in [6, 6.07) is 1.65. The van der Waals surface area contributed by atoms with Crippen LogP contribution < -0.4 is 5.32 Å². The third kappa shape index (κ3) is 4.05. The van der Waals surface area contributed by atoms with E-state index < -0.39 is 0 Å². The van der Waals surface area contributed by atoms with Crippen molar-refractivity contribution in [2.24, 2.45) is 0 Å². The third-order valence-corrected chi connectivity index (χ3v) is 2.83. The lowest BCUT2D eigenvalue weighted by molar-refractivity contribution is 0.0857. The average molecular weight is 260 g/mol. The molecular weight excluding hydrogens is 244 g/mol. The Morgan fingerprint density at radius 3 is 3.21 bits per heavy atom. The lowest BCUT2D eigenvalue weighted by Crippen LogP contribution is -2.31. The second kappa shape index (κ2) is 6.88. The molecular formula is C14H16N2O3. The number of nitrogens with zero attached hydrogens (tertiary/aromatic N) is 1. The number of carbonyl (C=O) groups is 1. The first-order chi connectivity index (χ1) is 9.29. The van der Waals surface area contributed by atoms with Crippen LogP contribution in [-0.2, 0) is 4.74 Å². The Kier molecular flexibility index (Phi) is 4.90. The van der Waals surface area contributed by atoms with E-state index in [1.54, 1.807) is 12.3 Å². The fourth-order valence-corrected chi connectivity index (χ4v) is 1.89. The number of nitrogens with one attached hydrogen (secondary N) is 1. The molecule has 0 spiro atoms. The van der Waals surface area contributed by atoms with Crippen molar-refractivity contribution in [2.75, 3.05) is 19.8 Å². The zero-order valence-corrected chi connectivity index (χ0v) is 10.6. The number of aromatic nitrogens is 1. The number of pyridine rings is 1. The molecule has 0 aliphatic carbocycles. The molecule has 2 rings (SSSR count). The highest BCUT2D eigenvalue weighted by molar-refractivity contribution is 5.94. The van der Waals surface area contributed by atoms with Crippen LogP contribution in [0.15, 0.2) is 18.5 Å². The van der Waals surface area contributed by atoms with Crippen LogP contribution in [0.2, 0.25) is 0 Å². The Balaban J connectivity index is 1.94. The summed E-state index contributed by atoms with van der Waals surface area (Å²) in [6.07, 6.45) is 5.21. The summed E-state index contributed by atoms with van der Waals surface area (Å²) in [5.74, 6) is 5.06. The third-order valence-electron chi connectivity index (χ3n) is 2.83. The lowest BCUT2D eigenvalue weighted by atomic mass is 10.2. The molecule has 1 fully saturated rings. The van der Waals surface area contributed by atoms with Gasteiger partial charge in [-0.1, -0.05) is 11.8 Å². The van der Waals surface area contributed by atoms with Crippen LogP contribution in [-0.4, -0.2) is 41.9 Å². The van der Waals surface area contributed by atoms with Crippen molar-refractivity contribution in [1.82, 2.24) is 10.3 Å². The zero-order chi connectivity index (χ0) is 13.5. The van der Waals surface area contributed by atoms with Crippen LogP contribution >= 0.6 is 0 Å². The molecule has 1 aromatic heterocycles. The lowest BCUT2D eigenvalue weighted by Gasteiger charge is -2.10. The van der Waals surface area contributed by atoms with Gasteiger partial charge in [0.2, 0.25) is 0 Å². The molecule has 2 heterocycles. The quantitative estimate of drug-likeness (QED) is 0.769. The van der Waals surface area contributed by atoms with E-state index in [4.69, 9.17) is 9.84 Å². The average Bonchev–Trinajstić information content (AvgIpc) is 2.96. The van der Waals surface area contributed by atoms with Gasteiger partial charge >= 0.3 is 0 Å². The van der Waals surface area contributed by atoms with Gasteiger partial charge in [0, 0.05) is 31.1 Å². The van der Waals surface area contributed by atoms with E-state index in [1.807, 2.05) is 0 Å². The van der Waals surface area contributed by atoms with Crippen molar-refractivity contribution >= 4 is 5.91 Å². The van der Waals surface area contributed by atoms with Gasteiger partial charge in [-0.2, -0.15) is 0 Å². The summed E-state index contributed by atoms with van der Waals surface area (Å²) in [4.78, 5) is 15.9. The van der Waals surface area contributed by atoms with E-state index in [0.717, 1.165) is 19.4 Å². The molecule has 2 N–H and O–H groups in total. The topological polar surface area (TPSA) is 71.5 Å². The molecule has 0 saturated carbocycles. The Bertz CT molecular complexity index is 499. The molecule has 0 aromatic carbocycles. The number of carbonyl (C=O) groups excluding carboxylic acids is 1. The van der Waals surface area contributed by atoms with Crippen LogP contribution in [0, 0.1) is 11.8 Å². The number of hydrogen-bond donors (Lipinski definition) is 2. The monoisotopic (exact) mass is 260 g/mol. The largest absolute Gasteiger partial charge is 0.384 e. The number of aliphatic hydroxyl groups excluding tert-OH is 1. The first-order valence-corrected chi connectivity index (χ1v) is 6.24. The molecule has 1 atom stereocenters. The minimum absolute atomic E-state index is 0.120. The van der Waals surface area contributed by atoms with Crippen LogP contribution in [0.25, 0.3) is 0 Å². The molecule has 5 heteroatoms. The van der Waals surface area contributed by atoms with Crippen LogP contribution in [0.3, 0.4) is 0 Å². The highest BCUT2D eigenvalue weighted by Gasteiger charge is 2.16. The van der Waals surface area contributed by atoms with Gasteiger partial charge in [0.1, 0.15) is 6.61 Å². The maximum Gasteiger partial charge on any atom is 0.252 e. The Labute approximate surface area is 112 Å². The van der Waals surface area contributed by atoms with Gasteiger partial charge < -0.3 is 15.2 Å². The van der Waals surface area contributed by atoms with Gasteiger partial charge in [0.25, 0.3) is 5.91 Å². The molecule has 1 amide bonds. The van der Waals surface area contributed by atoms with Crippen molar-refractivity contribution in [2.45, 2.75) is 18.9 Å². The molecule has 5 nitrogen and oxygen atoms in total. The van der Waals surface area contributed by atoms with E-state index in [9.17, 15) is 4.79 Å².